The van der Waals surface area contributed by atoms with Gasteiger partial charge in [0.05, 0.1) is 13.2 Å². The molecule has 5 rings (SSSR count). The van der Waals surface area contributed by atoms with Gasteiger partial charge in [-0.2, -0.15) is 0 Å². The molecule has 3 heterocycles. The van der Waals surface area contributed by atoms with Crippen LogP contribution in [-0.4, -0.2) is 47.1 Å². The molecule has 2 aromatic carbocycles. The number of carbonyl (C=O) groups excluding carboxylic acids is 1. The Hall–Kier alpha value is -3.45. The zero-order valence-corrected chi connectivity index (χ0v) is 15.8. The molecule has 0 saturated carbocycles. The Balaban J connectivity index is 1.32. The lowest BCUT2D eigenvalue weighted by Crippen LogP contribution is -2.40. The van der Waals surface area contributed by atoms with Gasteiger partial charge in [0, 0.05) is 30.6 Å². The summed E-state index contributed by atoms with van der Waals surface area (Å²) in [5, 5.41) is 4.29. The molecule has 0 radical (unpaired) electrons. The molecule has 0 aliphatic carbocycles. The molecule has 0 unspecified atom stereocenters. The van der Waals surface area contributed by atoms with Gasteiger partial charge in [-0.25, -0.2) is 9.97 Å². The number of furan rings is 1. The number of fused-ring (bicyclic) bond motifs is 3. The molecule has 0 atom stereocenters. The molecule has 7 heteroatoms. The van der Waals surface area contributed by atoms with Crippen LogP contribution in [0.15, 0.2) is 59.3 Å². The fourth-order valence-electron chi connectivity index (χ4n) is 3.55. The number of hydrogen-bond donors (Lipinski definition) is 1. The maximum atomic E-state index is 12.5. The standard InChI is InChI=1S/C22H20N4O3/c27-22(26-9-11-28-12-10-26)16-7-5-15(6-8-16)13-23-21-20-19(24-14-25-21)17-3-1-2-4-18(17)29-20/h1-8,14H,9-13H2,(H,23,24,25). The quantitative estimate of drug-likeness (QED) is 0.577. The highest BCUT2D eigenvalue weighted by molar-refractivity contribution is 6.05. The molecule has 1 saturated heterocycles. The summed E-state index contributed by atoms with van der Waals surface area (Å²) in [6.45, 7) is 3.05. The number of amides is 1. The summed E-state index contributed by atoms with van der Waals surface area (Å²) >= 11 is 0. The summed E-state index contributed by atoms with van der Waals surface area (Å²) in [4.78, 5) is 23.1. The van der Waals surface area contributed by atoms with Crippen LogP contribution in [0.2, 0.25) is 0 Å². The van der Waals surface area contributed by atoms with Crippen molar-refractivity contribution in [3.05, 3.63) is 66.0 Å². The summed E-state index contributed by atoms with van der Waals surface area (Å²) in [5.41, 5.74) is 3.97. The van der Waals surface area contributed by atoms with Gasteiger partial charge >= 0.3 is 0 Å². The van der Waals surface area contributed by atoms with Crippen molar-refractivity contribution >= 4 is 33.8 Å². The van der Waals surface area contributed by atoms with E-state index in [2.05, 4.69) is 15.3 Å². The number of nitrogens with one attached hydrogen (secondary N) is 1. The lowest BCUT2D eigenvalue weighted by atomic mass is 10.1. The van der Waals surface area contributed by atoms with E-state index in [9.17, 15) is 4.79 Å². The van der Waals surface area contributed by atoms with Gasteiger partial charge in [0.2, 0.25) is 0 Å². The molecule has 1 fully saturated rings. The predicted molar refractivity (Wildman–Crippen MR) is 110 cm³/mol. The number of para-hydroxylation sites is 1. The van der Waals surface area contributed by atoms with Crippen molar-refractivity contribution in [3.8, 4) is 0 Å². The molecule has 1 N–H and O–H groups in total. The molecular formula is C22H20N4O3. The number of carbonyl (C=O) groups is 1. The highest BCUT2D eigenvalue weighted by Gasteiger charge is 2.18. The Kier molecular flexibility index (Phi) is 4.57. The second kappa shape index (κ2) is 7.52. The van der Waals surface area contributed by atoms with E-state index in [-0.39, 0.29) is 5.91 Å². The van der Waals surface area contributed by atoms with E-state index in [4.69, 9.17) is 9.15 Å². The predicted octanol–water partition coefficient (Wildman–Crippen LogP) is 3.46. The Morgan fingerprint density at radius 2 is 1.83 bits per heavy atom. The molecule has 1 aliphatic rings. The van der Waals surface area contributed by atoms with E-state index in [1.54, 1.807) is 0 Å². The maximum absolute atomic E-state index is 12.5. The van der Waals surface area contributed by atoms with Crippen molar-refractivity contribution in [1.82, 2.24) is 14.9 Å². The Bertz CT molecular complexity index is 1160. The second-order valence-electron chi connectivity index (χ2n) is 6.95. The zero-order valence-electron chi connectivity index (χ0n) is 15.8. The first-order valence-electron chi connectivity index (χ1n) is 9.62. The third-order valence-electron chi connectivity index (χ3n) is 5.12. The smallest absolute Gasteiger partial charge is 0.254 e. The highest BCUT2D eigenvalue weighted by Crippen LogP contribution is 2.30. The monoisotopic (exact) mass is 388 g/mol. The number of benzene rings is 2. The average Bonchev–Trinajstić information content (AvgIpc) is 3.17. The molecule has 1 amide bonds. The number of rotatable bonds is 4. The Labute approximate surface area is 167 Å². The Morgan fingerprint density at radius 1 is 1.03 bits per heavy atom. The molecule has 146 valence electrons. The fraction of sp³-hybridized carbons (Fsp3) is 0.227. The number of aromatic nitrogens is 2. The minimum Gasteiger partial charge on any atom is -0.450 e. The van der Waals surface area contributed by atoms with Gasteiger partial charge in [-0.15, -0.1) is 0 Å². The first kappa shape index (κ1) is 17.6. The molecule has 7 nitrogen and oxygen atoms in total. The van der Waals surface area contributed by atoms with E-state index >= 15 is 0 Å². The summed E-state index contributed by atoms with van der Waals surface area (Å²) in [5.74, 6) is 0.701. The zero-order chi connectivity index (χ0) is 19.6. The van der Waals surface area contributed by atoms with Gasteiger partial charge in [0.1, 0.15) is 17.4 Å². The van der Waals surface area contributed by atoms with Crippen LogP contribution in [0.4, 0.5) is 5.82 Å². The van der Waals surface area contributed by atoms with Crippen LogP contribution in [0, 0.1) is 0 Å². The lowest BCUT2D eigenvalue weighted by Gasteiger charge is -2.26. The molecule has 29 heavy (non-hydrogen) atoms. The van der Waals surface area contributed by atoms with Gasteiger partial charge in [0.15, 0.2) is 11.4 Å². The third-order valence-corrected chi connectivity index (χ3v) is 5.12. The minimum atomic E-state index is 0.0487. The van der Waals surface area contributed by atoms with Crippen molar-refractivity contribution in [1.29, 1.82) is 0 Å². The van der Waals surface area contributed by atoms with E-state index in [0.717, 1.165) is 22.0 Å². The average molecular weight is 388 g/mol. The van der Waals surface area contributed by atoms with E-state index in [1.807, 2.05) is 53.4 Å². The summed E-state index contributed by atoms with van der Waals surface area (Å²) in [6, 6.07) is 15.5. The third kappa shape index (κ3) is 3.40. The lowest BCUT2D eigenvalue weighted by molar-refractivity contribution is 0.0303. The summed E-state index contributed by atoms with van der Waals surface area (Å²) in [7, 11) is 0. The van der Waals surface area contributed by atoms with Crippen LogP contribution in [0.3, 0.4) is 0 Å². The van der Waals surface area contributed by atoms with Gasteiger partial charge < -0.3 is 19.4 Å². The van der Waals surface area contributed by atoms with Crippen LogP contribution >= 0.6 is 0 Å². The Morgan fingerprint density at radius 3 is 2.66 bits per heavy atom. The van der Waals surface area contributed by atoms with Crippen molar-refractivity contribution in [2.24, 2.45) is 0 Å². The van der Waals surface area contributed by atoms with E-state index in [0.29, 0.717) is 49.8 Å². The normalized spacial score (nSPS) is 14.4. The van der Waals surface area contributed by atoms with Gasteiger partial charge in [0.25, 0.3) is 5.91 Å². The molecular weight excluding hydrogens is 368 g/mol. The molecule has 1 aliphatic heterocycles. The van der Waals surface area contributed by atoms with E-state index in [1.165, 1.54) is 6.33 Å². The minimum absolute atomic E-state index is 0.0487. The maximum Gasteiger partial charge on any atom is 0.254 e. The van der Waals surface area contributed by atoms with Crippen molar-refractivity contribution in [2.45, 2.75) is 6.54 Å². The SMILES string of the molecule is O=C(c1ccc(CNc2ncnc3c2oc2ccccc23)cc1)N1CCOCC1. The van der Waals surface area contributed by atoms with Crippen LogP contribution in [0.5, 0.6) is 0 Å². The number of anilines is 1. The number of hydrogen-bond acceptors (Lipinski definition) is 6. The van der Waals surface area contributed by atoms with Gasteiger partial charge in [-0.1, -0.05) is 24.3 Å². The molecule has 4 aromatic rings. The van der Waals surface area contributed by atoms with Crippen molar-refractivity contribution in [3.63, 3.8) is 0 Å². The molecule has 0 spiro atoms. The number of ether oxygens (including phenoxy) is 1. The number of nitrogens with zero attached hydrogens (tertiary/aromatic N) is 3. The van der Waals surface area contributed by atoms with Crippen LogP contribution in [0.25, 0.3) is 22.1 Å². The molecule has 0 bridgehead atoms. The summed E-state index contributed by atoms with van der Waals surface area (Å²) in [6.07, 6.45) is 1.54. The van der Waals surface area contributed by atoms with Gasteiger partial charge in [-0.05, 0) is 29.8 Å². The first-order valence-corrected chi connectivity index (χ1v) is 9.62. The van der Waals surface area contributed by atoms with E-state index < -0.39 is 0 Å². The number of morpholine rings is 1. The fourth-order valence-corrected chi connectivity index (χ4v) is 3.55. The van der Waals surface area contributed by atoms with Crippen LogP contribution < -0.4 is 5.32 Å². The van der Waals surface area contributed by atoms with Crippen LogP contribution in [-0.2, 0) is 11.3 Å². The second-order valence-corrected chi connectivity index (χ2v) is 6.95. The topological polar surface area (TPSA) is 80.5 Å². The molecule has 2 aromatic heterocycles. The highest BCUT2D eigenvalue weighted by atomic mass is 16.5. The van der Waals surface area contributed by atoms with Crippen molar-refractivity contribution in [2.75, 3.05) is 31.6 Å². The van der Waals surface area contributed by atoms with Crippen molar-refractivity contribution < 1.29 is 13.9 Å². The first-order chi connectivity index (χ1) is 14.3. The van der Waals surface area contributed by atoms with Crippen LogP contribution in [0.1, 0.15) is 15.9 Å². The largest absolute Gasteiger partial charge is 0.450 e. The summed E-state index contributed by atoms with van der Waals surface area (Å²) < 4.78 is 11.3. The van der Waals surface area contributed by atoms with Gasteiger partial charge in [-0.3, -0.25) is 4.79 Å².